The highest BCUT2D eigenvalue weighted by Gasteiger charge is 2.46. The van der Waals surface area contributed by atoms with Crippen LogP contribution in [0.4, 0.5) is 0 Å². The van der Waals surface area contributed by atoms with Gasteiger partial charge in [0.15, 0.2) is 0 Å². The monoisotopic (exact) mass is 238 g/mol. The van der Waals surface area contributed by atoms with Gasteiger partial charge >= 0.3 is 5.97 Å². The van der Waals surface area contributed by atoms with Crippen LogP contribution in [0.3, 0.4) is 0 Å². The molecule has 1 N–H and O–H groups in total. The number of rotatable bonds is 4. The van der Waals surface area contributed by atoms with Gasteiger partial charge in [-0.3, -0.25) is 9.69 Å². The van der Waals surface area contributed by atoms with Gasteiger partial charge < -0.3 is 9.63 Å². The number of aryl methyl sites for hydroxylation is 1. The summed E-state index contributed by atoms with van der Waals surface area (Å²) in [4.78, 5) is 13.5. The molecule has 94 valence electrons. The van der Waals surface area contributed by atoms with E-state index in [0.29, 0.717) is 13.0 Å². The first-order valence-electron chi connectivity index (χ1n) is 5.99. The lowest BCUT2D eigenvalue weighted by atomic mass is 9.93. The van der Waals surface area contributed by atoms with Gasteiger partial charge in [-0.25, -0.2) is 0 Å². The Morgan fingerprint density at radius 3 is 3.00 bits per heavy atom. The third-order valence-electron chi connectivity index (χ3n) is 3.64. The maximum Gasteiger partial charge on any atom is 0.324 e. The van der Waals surface area contributed by atoms with Crippen LogP contribution in [-0.2, 0) is 11.3 Å². The first-order chi connectivity index (χ1) is 8.08. The Hall–Kier alpha value is -1.36. The van der Waals surface area contributed by atoms with Gasteiger partial charge in [0.1, 0.15) is 11.3 Å². The van der Waals surface area contributed by atoms with Crippen molar-refractivity contribution in [2.24, 2.45) is 0 Å². The van der Waals surface area contributed by atoms with Crippen molar-refractivity contribution >= 4 is 5.97 Å². The van der Waals surface area contributed by atoms with Crippen molar-refractivity contribution in [1.29, 1.82) is 0 Å². The molecule has 0 bridgehead atoms. The lowest BCUT2D eigenvalue weighted by molar-refractivity contribution is -0.150. The van der Waals surface area contributed by atoms with Gasteiger partial charge in [-0.05, 0) is 32.7 Å². The predicted octanol–water partition coefficient (Wildman–Crippen LogP) is 1.81. The van der Waals surface area contributed by atoms with Crippen LogP contribution in [0.2, 0.25) is 0 Å². The quantitative estimate of drug-likeness (QED) is 0.866. The van der Waals surface area contributed by atoms with Gasteiger partial charge in [0.25, 0.3) is 0 Å². The predicted molar refractivity (Wildman–Crippen MR) is 61.5 cm³/mol. The zero-order valence-electron chi connectivity index (χ0n) is 10.3. The molecule has 1 saturated heterocycles. The van der Waals surface area contributed by atoms with Crippen LogP contribution in [0.25, 0.3) is 0 Å². The molecule has 1 unspecified atom stereocenters. The Balaban J connectivity index is 2.17. The molecule has 1 atom stereocenters. The van der Waals surface area contributed by atoms with Gasteiger partial charge in [-0.2, -0.15) is 0 Å². The topological polar surface area (TPSA) is 66.6 Å². The molecule has 2 rings (SSSR count). The molecule has 2 heterocycles. The number of carboxylic acids is 1. The fourth-order valence-electron chi connectivity index (χ4n) is 2.65. The number of aromatic nitrogens is 1. The number of hydrogen-bond acceptors (Lipinski definition) is 4. The Kier molecular flexibility index (Phi) is 3.19. The van der Waals surface area contributed by atoms with E-state index in [1.807, 2.05) is 24.8 Å². The van der Waals surface area contributed by atoms with E-state index in [4.69, 9.17) is 4.52 Å². The number of carboxylic acid groups (broad SMARTS) is 1. The molecular weight excluding hydrogens is 220 g/mol. The van der Waals surface area contributed by atoms with E-state index in [-0.39, 0.29) is 0 Å². The largest absolute Gasteiger partial charge is 0.480 e. The Labute approximate surface area is 100 Å². The van der Waals surface area contributed by atoms with Crippen LogP contribution < -0.4 is 0 Å². The summed E-state index contributed by atoms with van der Waals surface area (Å²) in [6.45, 7) is 5.13. The average molecular weight is 238 g/mol. The number of carbonyl (C=O) groups is 1. The van der Waals surface area contributed by atoms with Crippen molar-refractivity contribution in [3.05, 3.63) is 17.5 Å². The minimum atomic E-state index is -0.724. The molecule has 1 aromatic rings. The summed E-state index contributed by atoms with van der Waals surface area (Å²) < 4.78 is 5.01. The molecule has 1 aromatic heterocycles. The Morgan fingerprint density at radius 1 is 1.71 bits per heavy atom. The standard InChI is InChI=1S/C12H18N2O3/c1-3-12(11(15)16)5-4-6-14(12)8-10-7-9(2)17-13-10/h7H,3-6,8H2,1-2H3,(H,15,16). The maximum atomic E-state index is 11.5. The molecule has 5 heteroatoms. The Bertz CT molecular complexity index is 416. The second-order valence-electron chi connectivity index (χ2n) is 4.64. The molecule has 1 fully saturated rings. The van der Waals surface area contributed by atoms with Crippen LogP contribution in [0.15, 0.2) is 10.6 Å². The van der Waals surface area contributed by atoms with Gasteiger partial charge in [0, 0.05) is 12.6 Å². The van der Waals surface area contributed by atoms with Gasteiger partial charge in [-0.1, -0.05) is 12.1 Å². The van der Waals surface area contributed by atoms with Gasteiger partial charge in [0.05, 0.1) is 5.69 Å². The molecule has 1 aliphatic rings. The molecule has 0 aliphatic carbocycles. The normalized spacial score (nSPS) is 25.3. The maximum absolute atomic E-state index is 11.5. The van der Waals surface area contributed by atoms with Crippen molar-refractivity contribution in [2.45, 2.75) is 45.2 Å². The lowest BCUT2D eigenvalue weighted by Gasteiger charge is -2.33. The smallest absolute Gasteiger partial charge is 0.324 e. The van der Waals surface area contributed by atoms with Crippen molar-refractivity contribution in [2.75, 3.05) is 6.54 Å². The fraction of sp³-hybridized carbons (Fsp3) is 0.667. The SMILES string of the molecule is CCC1(C(=O)O)CCCN1Cc1cc(C)on1. The van der Waals surface area contributed by atoms with E-state index in [9.17, 15) is 9.90 Å². The van der Waals surface area contributed by atoms with E-state index in [2.05, 4.69) is 5.16 Å². The minimum absolute atomic E-state index is 0.553. The molecule has 0 saturated carbocycles. The van der Waals surface area contributed by atoms with E-state index in [0.717, 1.165) is 30.8 Å². The minimum Gasteiger partial charge on any atom is -0.480 e. The van der Waals surface area contributed by atoms with Crippen molar-refractivity contribution in [3.63, 3.8) is 0 Å². The van der Waals surface area contributed by atoms with Crippen LogP contribution >= 0.6 is 0 Å². The van der Waals surface area contributed by atoms with Gasteiger partial charge in [0.2, 0.25) is 0 Å². The van der Waals surface area contributed by atoms with Crippen LogP contribution in [-0.4, -0.2) is 33.2 Å². The number of aliphatic carboxylic acids is 1. The molecular formula is C12H18N2O3. The van der Waals surface area contributed by atoms with Crippen LogP contribution in [0, 0.1) is 6.92 Å². The second-order valence-corrected chi connectivity index (χ2v) is 4.64. The van der Waals surface area contributed by atoms with Gasteiger partial charge in [-0.15, -0.1) is 0 Å². The summed E-state index contributed by atoms with van der Waals surface area (Å²) in [6.07, 6.45) is 2.27. The van der Waals surface area contributed by atoms with E-state index in [1.165, 1.54) is 0 Å². The Morgan fingerprint density at radius 2 is 2.47 bits per heavy atom. The molecule has 0 radical (unpaired) electrons. The molecule has 0 spiro atoms. The molecule has 17 heavy (non-hydrogen) atoms. The summed E-state index contributed by atoms with van der Waals surface area (Å²) in [6, 6.07) is 1.86. The number of likely N-dealkylation sites (tertiary alicyclic amines) is 1. The molecule has 1 aliphatic heterocycles. The number of hydrogen-bond donors (Lipinski definition) is 1. The van der Waals surface area contributed by atoms with E-state index < -0.39 is 11.5 Å². The molecule has 0 aromatic carbocycles. The zero-order valence-corrected chi connectivity index (χ0v) is 10.3. The third-order valence-corrected chi connectivity index (χ3v) is 3.64. The first kappa shape index (κ1) is 12.1. The highest BCUT2D eigenvalue weighted by Crippen LogP contribution is 2.33. The lowest BCUT2D eigenvalue weighted by Crippen LogP contribution is -2.49. The summed E-state index contributed by atoms with van der Waals surface area (Å²) in [5.74, 6) is 0.0364. The van der Waals surface area contributed by atoms with Crippen molar-refractivity contribution in [1.82, 2.24) is 10.1 Å². The third kappa shape index (κ3) is 2.07. The highest BCUT2D eigenvalue weighted by atomic mass is 16.5. The molecule has 0 amide bonds. The van der Waals surface area contributed by atoms with Crippen molar-refractivity contribution < 1.29 is 14.4 Å². The second kappa shape index (κ2) is 4.49. The summed E-state index contributed by atoms with van der Waals surface area (Å²) >= 11 is 0. The number of nitrogens with zero attached hydrogens (tertiary/aromatic N) is 2. The average Bonchev–Trinajstić information content (AvgIpc) is 2.86. The molecule has 5 nitrogen and oxygen atoms in total. The van der Waals surface area contributed by atoms with E-state index >= 15 is 0 Å². The summed E-state index contributed by atoms with van der Waals surface area (Å²) in [5, 5.41) is 13.4. The highest BCUT2D eigenvalue weighted by molar-refractivity contribution is 5.79. The van der Waals surface area contributed by atoms with E-state index in [1.54, 1.807) is 0 Å². The summed E-state index contributed by atoms with van der Waals surface area (Å²) in [7, 11) is 0. The fourth-order valence-corrected chi connectivity index (χ4v) is 2.65. The van der Waals surface area contributed by atoms with Crippen molar-refractivity contribution in [3.8, 4) is 0 Å². The van der Waals surface area contributed by atoms with Crippen LogP contribution in [0.1, 0.15) is 37.6 Å². The first-order valence-corrected chi connectivity index (χ1v) is 5.99. The zero-order chi connectivity index (χ0) is 12.5. The van der Waals surface area contributed by atoms with Crippen LogP contribution in [0.5, 0.6) is 0 Å². The summed E-state index contributed by atoms with van der Waals surface area (Å²) in [5.41, 5.74) is 0.0934.